The first-order valence-corrected chi connectivity index (χ1v) is 8.92. The summed E-state index contributed by atoms with van der Waals surface area (Å²) in [6.07, 6.45) is 5.16. The Balaban J connectivity index is 1.87. The maximum Gasteiger partial charge on any atom is 0.313 e. The molecule has 6 heteroatoms. The Morgan fingerprint density at radius 2 is 2.29 bits per heavy atom. The molecule has 21 heavy (non-hydrogen) atoms. The summed E-state index contributed by atoms with van der Waals surface area (Å²) in [4.78, 5) is 15.4. The largest absolute Gasteiger partial charge is 0.481 e. The summed E-state index contributed by atoms with van der Waals surface area (Å²) < 4.78 is 3.17. The van der Waals surface area contributed by atoms with E-state index in [1.165, 1.54) is 31.0 Å². The zero-order chi connectivity index (χ0) is 14.8. The molecule has 0 atom stereocenters. The third kappa shape index (κ3) is 3.43. The highest BCUT2D eigenvalue weighted by Gasteiger charge is 2.19. The third-order valence-electron chi connectivity index (χ3n) is 3.99. The SMILES string of the molecule is O=C(O)CSc1nc2cc(Br)ccc2n1CCC1CCC1. The molecule has 1 heterocycles. The molecule has 1 aromatic heterocycles. The molecule has 1 saturated carbocycles. The van der Waals surface area contributed by atoms with Crippen molar-refractivity contribution in [3.05, 3.63) is 22.7 Å². The van der Waals surface area contributed by atoms with E-state index >= 15 is 0 Å². The molecule has 0 amide bonds. The molecule has 1 aromatic carbocycles. The van der Waals surface area contributed by atoms with Crippen LogP contribution in [0.4, 0.5) is 0 Å². The Bertz CT molecular complexity index is 667. The van der Waals surface area contributed by atoms with E-state index in [0.29, 0.717) is 0 Å². The molecule has 0 radical (unpaired) electrons. The third-order valence-corrected chi connectivity index (χ3v) is 5.44. The first-order chi connectivity index (χ1) is 10.1. The molecule has 0 saturated heterocycles. The topological polar surface area (TPSA) is 55.1 Å². The molecule has 0 bridgehead atoms. The maximum atomic E-state index is 10.8. The van der Waals surface area contributed by atoms with Crippen molar-refractivity contribution < 1.29 is 9.90 Å². The second-order valence-electron chi connectivity index (χ2n) is 5.45. The van der Waals surface area contributed by atoms with Crippen LogP contribution in [0.1, 0.15) is 25.7 Å². The van der Waals surface area contributed by atoms with E-state index in [2.05, 4.69) is 31.5 Å². The molecule has 1 aliphatic carbocycles. The highest BCUT2D eigenvalue weighted by atomic mass is 79.9. The zero-order valence-electron chi connectivity index (χ0n) is 11.6. The van der Waals surface area contributed by atoms with Crippen LogP contribution in [0.15, 0.2) is 27.8 Å². The predicted octanol–water partition coefficient (Wildman–Crippen LogP) is 4.17. The number of benzene rings is 1. The summed E-state index contributed by atoms with van der Waals surface area (Å²) in [5.74, 6) is 0.0717. The van der Waals surface area contributed by atoms with E-state index in [1.54, 1.807) is 0 Å². The van der Waals surface area contributed by atoms with Crippen LogP contribution in [0, 0.1) is 5.92 Å². The van der Waals surface area contributed by atoms with Crippen molar-refractivity contribution in [2.24, 2.45) is 5.92 Å². The summed E-state index contributed by atoms with van der Waals surface area (Å²) >= 11 is 4.76. The summed E-state index contributed by atoms with van der Waals surface area (Å²) in [5.41, 5.74) is 2.01. The summed E-state index contributed by atoms with van der Waals surface area (Å²) in [7, 11) is 0. The van der Waals surface area contributed by atoms with Crippen LogP contribution in [0.3, 0.4) is 0 Å². The Kier molecular flexibility index (Phi) is 4.54. The monoisotopic (exact) mass is 368 g/mol. The van der Waals surface area contributed by atoms with Gasteiger partial charge in [0.15, 0.2) is 5.16 Å². The van der Waals surface area contributed by atoms with Gasteiger partial charge in [0.05, 0.1) is 16.8 Å². The zero-order valence-corrected chi connectivity index (χ0v) is 14.0. The molecule has 0 spiro atoms. The minimum absolute atomic E-state index is 0.0495. The summed E-state index contributed by atoms with van der Waals surface area (Å²) in [6.45, 7) is 0.921. The molecule has 2 aromatic rings. The first-order valence-electron chi connectivity index (χ1n) is 7.14. The van der Waals surface area contributed by atoms with E-state index in [-0.39, 0.29) is 5.75 Å². The Hall–Kier alpha value is -1.01. The standard InChI is InChI=1S/C15H17BrN2O2S/c16-11-4-5-13-12(8-11)17-15(21-9-14(19)20)18(13)7-6-10-2-1-3-10/h4-5,8,10H,1-3,6-7,9H2,(H,19,20). The second-order valence-corrected chi connectivity index (χ2v) is 7.31. The second kappa shape index (κ2) is 6.40. The number of carboxylic acids is 1. The number of rotatable bonds is 6. The van der Waals surface area contributed by atoms with E-state index < -0.39 is 5.97 Å². The number of nitrogens with zero attached hydrogens (tertiary/aromatic N) is 2. The van der Waals surface area contributed by atoms with E-state index in [0.717, 1.165) is 39.5 Å². The van der Waals surface area contributed by atoms with Crippen LogP contribution < -0.4 is 0 Å². The summed E-state index contributed by atoms with van der Waals surface area (Å²) in [5, 5.41) is 9.69. The Morgan fingerprint density at radius 1 is 1.48 bits per heavy atom. The lowest BCUT2D eigenvalue weighted by atomic mass is 9.83. The number of thioether (sulfide) groups is 1. The van der Waals surface area contributed by atoms with Gasteiger partial charge in [0.2, 0.25) is 0 Å². The predicted molar refractivity (Wildman–Crippen MR) is 87.8 cm³/mol. The van der Waals surface area contributed by atoms with Crippen molar-refractivity contribution in [1.82, 2.24) is 9.55 Å². The number of carbonyl (C=O) groups is 1. The lowest BCUT2D eigenvalue weighted by Gasteiger charge is -2.25. The Labute approximate surface area is 136 Å². The first kappa shape index (κ1) is 14.9. The molecule has 112 valence electrons. The highest BCUT2D eigenvalue weighted by molar-refractivity contribution is 9.10. The molecule has 3 rings (SSSR count). The van der Waals surface area contributed by atoms with Crippen LogP contribution in [0.5, 0.6) is 0 Å². The fourth-order valence-corrected chi connectivity index (χ4v) is 3.74. The average Bonchev–Trinajstić information content (AvgIpc) is 2.72. The van der Waals surface area contributed by atoms with Gasteiger partial charge in [0.25, 0.3) is 0 Å². The van der Waals surface area contributed by atoms with Crippen molar-refractivity contribution in [2.45, 2.75) is 37.4 Å². The number of imidazole rings is 1. The van der Waals surface area contributed by atoms with Crippen molar-refractivity contribution in [3.63, 3.8) is 0 Å². The normalized spacial score (nSPS) is 15.3. The van der Waals surface area contributed by atoms with Gasteiger partial charge in [-0.1, -0.05) is 47.0 Å². The van der Waals surface area contributed by atoms with Gasteiger partial charge >= 0.3 is 5.97 Å². The van der Waals surface area contributed by atoms with Gasteiger partial charge in [0.1, 0.15) is 0 Å². The molecule has 0 unspecified atom stereocenters. The fourth-order valence-electron chi connectivity index (χ4n) is 2.63. The maximum absolute atomic E-state index is 10.8. The van der Waals surface area contributed by atoms with E-state index in [1.807, 2.05) is 12.1 Å². The number of aliphatic carboxylic acids is 1. The lowest BCUT2D eigenvalue weighted by molar-refractivity contribution is -0.133. The number of aromatic nitrogens is 2. The minimum Gasteiger partial charge on any atom is -0.481 e. The van der Waals surface area contributed by atoms with Crippen LogP contribution in [0.25, 0.3) is 11.0 Å². The van der Waals surface area contributed by atoms with Crippen LogP contribution in [0.2, 0.25) is 0 Å². The highest BCUT2D eigenvalue weighted by Crippen LogP contribution is 2.32. The van der Waals surface area contributed by atoms with E-state index in [9.17, 15) is 4.79 Å². The van der Waals surface area contributed by atoms with Crippen molar-refractivity contribution in [3.8, 4) is 0 Å². The number of carboxylic acid groups (broad SMARTS) is 1. The van der Waals surface area contributed by atoms with Crippen molar-refractivity contribution in [2.75, 3.05) is 5.75 Å². The number of aryl methyl sites for hydroxylation is 1. The quantitative estimate of drug-likeness (QED) is 0.777. The van der Waals surface area contributed by atoms with Gasteiger partial charge in [-0.3, -0.25) is 4.79 Å². The molecule has 4 nitrogen and oxygen atoms in total. The molecule has 0 aliphatic heterocycles. The lowest BCUT2D eigenvalue weighted by Crippen LogP contribution is -2.14. The van der Waals surface area contributed by atoms with Gasteiger partial charge in [-0.25, -0.2) is 4.98 Å². The van der Waals surface area contributed by atoms with E-state index in [4.69, 9.17) is 5.11 Å². The van der Waals surface area contributed by atoms with Gasteiger partial charge in [-0.15, -0.1) is 0 Å². The smallest absolute Gasteiger partial charge is 0.313 e. The van der Waals surface area contributed by atoms with Crippen LogP contribution in [-0.2, 0) is 11.3 Å². The molecule has 1 fully saturated rings. The van der Waals surface area contributed by atoms with Gasteiger partial charge in [-0.05, 0) is 30.5 Å². The molecular weight excluding hydrogens is 352 g/mol. The number of hydrogen-bond donors (Lipinski definition) is 1. The van der Waals surface area contributed by atoms with Crippen molar-refractivity contribution in [1.29, 1.82) is 0 Å². The van der Waals surface area contributed by atoms with Gasteiger partial charge in [-0.2, -0.15) is 0 Å². The number of halogens is 1. The molecular formula is C15H17BrN2O2S. The minimum atomic E-state index is -0.807. The van der Waals surface area contributed by atoms with Crippen LogP contribution >= 0.6 is 27.7 Å². The summed E-state index contributed by atoms with van der Waals surface area (Å²) in [6, 6.07) is 6.05. The fraction of sp³-hybridized carbons (Fsp3) is 0.467. The van der Waals surface area contributed by atoms with Crippen LogP contribution in [-0.4, -0.2) is 26.4 Å². The molecule has 1 N–H and O–H groups in total. The van der Waals surface area contributed by atoms with Crippen molar-refractivity contribution >= 4 is 44.7 Å². The molecule has 1 aliphatic rings. The Morgan fingerprint density at radius 3 is 2.95 bits per heavy atom. The average molecular weight is 369 g/mol. The van der Waals surface area contributed by atoms with Gasteiger partial charge < -0.3 is 9.67 Å². The van der Waals surface area contributed by atoms with Gasteiger partial charge in [0, 0.05) is 11.0 Å². The number of fused-ring (bicyclic) bond motifs is 1. The number of hydrogen-bond acceptors (Lipinski definition) is 3.